The minimum Gasteiger partial charge on any atom is -0.454 e. The molecule has 0 amide bonds. The van der Waals surface area contributed by atoms with E-state index in [0.29, 0.717) is 12.8 Å². The van der Waals surface area contributed by atoms with Crippen LogP contribution in [0.3, 0.4) is 0 Å². The summed E-state index contributed by atoms with van der Waals surface area (Å²) in [6, 6.07) is 8.49. The second-order valence-corrected chi connectivity index (χ2v) is 6.00. The summed E-state index contributed by atoms with van der Waals surface area (Å²) in [5.74, 6) is 2.52. The van der Waals surface area contributed by atoms with Gasteiger partial charge in [0.05, 0.1) is 0 Å². The molecule has 1 aromatic heterocycles. The summed E-state index contributed by atoms with van der Waals surface area (Å²) in [4.78, 5) is 13.4. The Bertz CT molecular complexity index is 686. The van der Waals surface area contributed by atoms with Crippen molar-refractivity contribution in [3.05, 3.63) is 42.2 Å². The first kappa shape index (κ1) is 16.8. The zero-order valence-corrected chi connectivity index (χ0v) is 14.4. The molecule has 0 saturated carbocycles. The van der Waals surface area contributed by atoms with Gasteiger partial charge in [0.25, 0.3) is 0 Å². The summed E-state index contributed by atoms with van der Waals surface area (Å²) in [6.07, 6.45) is 3.60. The molecule has 24 heavy (non-hydrogen) atoms. The third kappa shape index (κ3) is 3.39. The lowest BCUT2D eigenvalue weighted by molar-refractivity contribution is 0.173. The SMILES string of the molecule is CC1CN(c2ncccn2)CCN1Cc1ccc2c(c1)OCO2.Cl. The number of fused-ring (bicyclic) bond motifs is 1. The molecule has 0 N–H and O–H groups in total. The Morgan fingerprint density at radius 2 is 1.92 bits per heavy atom. The third-order valence-corrected chi connectivity index (χ3v) is 4.42. The second kappa shape index (κ2) is 7.23. The molecular weight excluding hydrogens is 328 g/mol. The lowest BCUT2D eigenvalue weighted by Crippen LogP contribution is -2.51. The van der Waals surface area contributed by atoms with E-state index in [1.807, 2.05) is 12.1 Å². The highest BCUT2D eigenvalue weighted by molar-refractivity contribution is 5.85. The quantitative estimate of drug-likeness (QED) is 0.848. The summed E-state index contributed by atoms with van der Waals surface area (Å²) < 4.78 is 10.8. The summed E-state index contributed by atoms with van der Waals surface area (Å²) in [7, 11) is 0. The van der Waals surface area contributed by atoms with Crippen LogP contribution in [0.25, 0.3) is 0 Å². The monoisotopic (exact) mass is 348 g/mol. The van der Waals surface area contributed by atoms with Crippen molar-refractivity contribution in [1.82, 2.24) is 14.9 Å². The van der Waals surface area contributed by atoms with Crippen molar-refractivity contribution >= 4 is 18.4 Å². The number of hydrogen-bond acceptors (Lipinski definition) is 6. The fraction of sp³-hybridized carbons (Fsp3) is 0.412. The minimum atomic E-state index is 0. The van der Waals surface area contributed by atoms with Crippen LogP contribution >= 0.6 is 12.4 Å². The van der Waals surface area contributed by atoms with Gasteiger partial charge in [0, 0.05) is 44.6 Å². The lowest BCUT2D eigenvalue weighted by atomic mass is 10.1. The van der Waals surface area contributed by atoms with Gasteiger partial charge in [0.2, 0.25) is 12.7 Å². The molecule has 1 saturated heterocycles. The highest BCUT2D eigenvalue weighted by Crippen LogP contribution is 2.33. The summed E-state index contributed by atoms with van der Waals surface area (Å²) in [5.41, 5.74) is 1.26. The van der Waals surface area contributed by atoms with Crippen LogP contribution < -0.4 is 14.4 Å². The molecule has 2 aliphatic rings. The largest absolute Gasteiger partial charge is 0.454 e. The second-order valence-electron chi connectivity index (χ2n) is 6.00. The van der Waals surface area contributed by atoms with Gasteiger partial charge >= 0.3 is 0 Å². The van der Waals surface area contributed by atoms with E-state index in [1.54, 1.807) is 12.4 Å². The van der Waals surface area contributed by atoms with Gasteiger partial charge in [-0.25, -0.2) is 9.97 Å². The van der Waals surface area contributed by atoms with Gasteiger partial charge in [-0.2, -0.15) is 0 Å². The Labute approximate surface area is 147 Å². The minimum absolute atomic E-state index is 0. The Kier molecular flexibility index (Phi) is 5.06. The molecule has 2 aliphatic heterocycles. The van der Waals surface area contributed by atoms with Crippen molar-refractivity contribution in [2.24, 2.45) is 0 Å². The lowest BCUT2D eigenvalue weighted by Gasteiger charge is -2.39. The van der Waals surface area contributed by atoms with E-state index >= 15 is 0 Å². The Morgan fingerprint density at radius 3 is 2.71 bits per heavy atom. The molecule has 3 heterocycles. The van der Waals surface area contributed by atoms with Crippen LogP contribution in [0.5, 0.6) is 11.5 Å². The fourth-order valence-corrected chi connectivity index (χ4v) is 3.14. The molecule has 128 valence electrons. The van der Waals surface area contributed by atoms with E-state index in [-0.39, 0.29) is 12.4 Å². The number of anilines is 1. The standard InChI is InChI=1S/C17H20N4O2.ClH/c1-13-10-21(17-18-5-2-6-19-17)8-7-20(13)11-14-3-4-15-16(9-14)23-12-22-15;/h2-6,9,13H,7-8,10-12H2,1H3;1H. The highest BCUT2D eigenvalue weighted by atomic mass is 35.5. The molecule has 7 heteroatoms. The van der Waals surface area contributed by atoms with E-state index in [1.165, 1.54) is 5.56 Å². The predicted octanol–water partition coefficient (Wildman–Crippen LogP) is 2.34. The maximum atomic E-state index is 5.46. The molecule has 2 aromatic rings. The van der Waals surface area contributed by atoms with E-state index in [9.17, 15) is 0 Å². The number of hydrogen-bond donors (Lipinski definition) is 0. The van der Waals surface area contributed by atoms with Crippen LogP contribution in [0.1, 0.15) is 12.5 Å². The number of rotatable bonds is 3. The Morgan fingerprint density at radius 1 is 1.12 bits per heavy atom. The first-order valence-electron chi connectivity index (χ1n) is 7.94. The van der Waals surface area contributed by atoms with Gasteiger partial charge in [-0.3, -0.25) is 4.90 Å². The number of nitrogens with zero attached hydrogens (tertiary/aromatic N) is 4. The van der Waals surface area contributed by atoms with Gasteiger partial charge in [-0.1, -0.05) is 6.07 Å². The van der Waals surface area contributed by atoms with E-state index < -0.39 is 0 Å². The Hall–Kier alpha value is -2.05. The van der Waals surface area contributed by atoms with Crippen LogP contribution in [0.4, 0.5) is 5.95 Å². The van der Waals surface area contributed by atoms with Gasteiger partial charge in [-0.15, -0.1) is 12.4 Å². The molecule has 6 nitrogen and oxygen atoms in total. The van der Waals surface area contributed by atoms with Gasteiger partial charge in [0.15, 0.2) is 11.5 Å². The molecule has 0 radical (unpaired) electrons. The van der Waals surface area contributed by atoms with Crippen molar-refractivity contribution in [1.29, 1.82) is 0 Å². The molecule has 1 aromatic carbocycles. The van der Waals surface area contributed by atoms with Crippen LogP contribution in [-0.4, -0.2) is 47.3 Å². The zero-order valence-electron chi connectivity index (χ0n) is 13.6. The first-order valence-corrected chi connectivity index (χ1v) is 7.94. The average molecular weight is 349 g/mol. The molecule has 4 rings (SSSR count). The predicted molar refractivity (Wildman–Crippen MR) is 93.9 cm³/mol. The number of halogens is 1. The van der Waals surface area contributed by atoms with Crippen LogP contribution in [0, 0.1) is 0 Å². The summed E-state index contributed by atoms with van der Waals surface area (Å²) in [6.45, 7) is 6.37. The van der Waals surface area contributed by atoms with E-state index in [4.69, 9.17) is 9.47 Å². The van der Waals surface area contributed by atoms with Crippen LogP contribution in [0.15, 0.2) is 36.7 Å². The highest BCUT2D eigenvalue weighted by Gasteiger charge is 2.25. The number of ether oxygens (including phenoxy) is 2. The maximum Gasteiger partial charge on any atom is 0.231 e. The topological polar surface area (TPSA) is 50.7 Å². The summed E-state index contributed by atoms with van der Waals surface area (Å²) in [5, 5.41) is 0. The number of piperazine rings is 1. The van der Waals surface area contributed by atoms with E-state index in [0.717, 1.165) is 43.6 Å². The van der Waals surface area contributed by atoms with Crippen molar-refractivity contribution in [2.75, 3.05) is 31.3 Å². The van der Waals surface area contributed by atoms with Crippen molar-refractivity contribution in [3.8, 4) is 11.5 Å². The summed E-state index contributed by atoms with van der Waals surface area (Å²) >= 11 is 0. The average Bonchev–Trinajstić information content (AvgIpc) is 3.05. The smallest absolute Gasteiger partial charge is 0.231 e. The van der Waals surface area contributed by atoms with Crippen molar-refractivity contribution < 1.29 is 9.47 Å². The number of aromatic nitrogens is 2. The third-order valence-electron chi connectivity index (χ3n) is 4.42. The van der Waals surface area contributed by atoms with Crippen LogP contribution in [0.2, 0.25) is 0 Å². The maximum absolute atomic E-state index is 5.46. The van der Waals surface area contributed by atoms with Crippen molar-refractivity contribution in [3.63, 3.8) is 0 Å². The first-order chi connectivity index (χ1) is 11.3. The normalized spacial score (nSPS) is 19.9. The molecule has 1 atom stereocenters. The molecule has 0 bridgehead atoms. The van der Waals surface area contributed by atoms with Gasteiger partial charge < -0.3 is 14.4 Å². The van der Waals surface area contributed by atoms with Gasteiger partial charge in [0.1, 0.15) is 0 Å². The van der Waals surface area contributed by atoms with Crippen molar-refractivity contribution in [2.45, 2.75) is 19.5 Å². The molecule has 0 spiro atoms. The molecule has 1 fully saturated rings. The molecule has 1 unspecified atom stereocenters. The van der Waals surface area contributed by atoms with E-state index in [2.05, 4.69) is 38.8 Å². The van der Waals surface area contributed by atoms with Crippen LogP contribution in [-0.2, 0) is 6.54 Å². The fourth-order valence-electron chi connectivity index (χ4n) is 3.14. The Balaban J connectivity index is 0.00000169. The molecular formula is C17H21ClN4O2. The zero-order chi connectivity index (χ0) is 15.6. The van der Waals surface area contributed by atoms with Gasteiger partial charge in [-0.05, 0) is 30.7 Å². The number of benzene rings is 1. The molecule has 0 aliphatic carbocycles.